The summed E-state index contributed by atoms with van der Waals surface area (Å²) >= 11 is 13.0. The number of carbonyl (C=O) groups excluding carboxylic acids is 1. The number of halogens is 2. The molecular weight excluding hydrogens is 501 g/mol. The highest BCUT2D eigenvalue weighted by molar-refractivity contribution is 6.35. The number of anilines is 1. The standard InChI is InChI=1S/C31H27Cl2N3O/c32-22-6-7-23(24(33)12-22)27-28(29(37)30-13-18-9-19(14-30)11-20(10-18)15-30)36-25-4-2-1-3-21(25)5-8-26(36)31(27,16-34)17-35/h1-8,12,18-20,26-28H,9-11,13-15H2/t18?,19?,20?,26-,27-,28+,30?/m1/s1. The van der Waals surface area contributed by atoms with Gasteiger partial charge in [-0.15, -0.1) is 0 Å². The van der Waals surface area contributed by atoms with Crippen LogP contribution in [0, 0.1) is 51.2 Å². The number of nitrogens with zero attached hydrogens (tertiary/aromatic N) is 3. The first-order valence-electron chi connectivity index (χ1n) is 13.3. The molecule has 0 amide bonds. The lowest BCUT2D eigenvalue weighted by molar-refractivity contribution is -0.145. The van der Waals surface area contributed by atoms with Crippen molar-refractivity contribution in [2.24, 2.45) is 28.6 Å². The molecular formula is C31H27Cl2N3O. The fraction of sp³-hybridized carbons (Fsp3) is 0.452. The first kappa shape index (κ1) is 23.3. The van der Waals surface area contributed by atoms with Gasteiger partial charge in [0.2, 0.25) is 0 Å². The Morgan fingerprint density at radius 2 is 1.59 bits per heavy atom. The summed E-state index contributed by atoms with van der Waals surface area (Å²) in [4.78, 5) is 17.2. The van der Waals surface area contributed by atoms with Gasteiger partial charge in [0.1, 0.15) is 0 Å². The predicted molar refractivity (Wildman–Crippen MR) is 144 cm³/mol. The number of hydrogen-bond donors (Lipinski definition) is 0. The topological polar surface area (TPSA) is 67.9 Å². The van der Waals surface area contributed by atoms with E-state index in [4.69, 9.17) is 23.2 Å². The molecule has 0 spiro atoms. The summed E-state index contributed by atoms with van der Waals surface area (Å²) in [5, 5.41) is 22.3. The summed E-state index contributed by atoms with van der Waals surface area (Å²) in [6, 6.07) is 16.8. The van der Waals surface area contributed by atoms with Crippen molar-refractivity contribution in [1.82, 2.24) is 0 Å². The van der Waals surface area contributed by atoms with Gasteiger partial charge in [-0.1, -0.05) is 59.6 Å². The maximum atomic E-state index is 15.1. The van der Waals surface area contributed by atoms with Crippen LogP contribution in [-0.4, -0.2) is 17.9 Å². The van der Waals surface area contributed by atoms with Gasteiger partial charge in [-0.2, -0.15) is 10.5 Å². The Morgan fingerprint density at radius 1 is 0.946 bits per heavy atom. The first-order chi connectivity index (χ1) is 17.9. The molecule has 6 aliphatic rings. The van der Waals surface area contributed by atoms with Gasteiger partial charge in [-0.05, 0) is 85.6 Å². The lowest BCUT2D eigenvalue weighted by atomic mass is 9.47. The van der Waals surface area contributed by atoms with Crippen molar-refractivity contribution in [3.8, 4) is 12.1 Å². The first-order valence-corrected chi connectivity index (χ1v) is 14.0. The maximum absolute atomic E-state index is 15.1. The predicted octanol–water partition coefficient (Wildman–Crippen LogP) is 7.18. The van der Waals surface area contributed by atoms with Crippen molar-refractivity contribution < 1.29 is 4.79 Å². The van der Waals surface area contributed by atoms with Crippen LogP contribution in [0.5, 0.6) is 0 Å². The fourth-order valence-corrected chi connectivity index (χ4v) is 9.58. The zero-order valence-corrected chi connectivity index (χ0v) is 21.9. The van der Waals surface area contributed by atoms with E-state index in [1.807, 2.05) is 42.5 Å². The second-order valence-electron chi connectivity index (χ2n) is 12.0. The Kier molecular flexibility index (Phi) is 5.11. The van der Waals surface area contributed by atoms with E-state index in [0.29, 0.717) is 33.4 Å². The van der Waals surface area contributed by atoms with E-state index in [2.05, 4.69) is 17.0 Å². The molecule has 4 aliphatic carbocycles. The monoisotopic (exact) mass is 527 g/mol. The van der Waals surface area contributed by atoms with Crippen molar-refractivity contribution in [2.75, 3.05) is 4.90 Å². The number of fused-ring (bicyclic) bond motifs is 3. The molecule has 3 atom stereocenters. The molecule has 37 heavy (non-hydrogen) atoms. The zero-order chi connectivity index (χ0) is 25.5. The molecule has 4 bridgehead atoms. The highest BCUT2D eigenvalue weighted by Crippen LogP contribution is 2.64. The van der Waals surface area contributed by atoms with Crippen LogP contribution >= 0.6 is 23.2 Å². The molecule has 1 saturated heterocycles. The third kappa shape index (κ3) is 3.16. The normalized spacial score (nSPS) is 35.9. The molecule has 2 heterocycles. The third-order valence-electron chi connectivity index (χ3n) is 10.0. The minimum atomic E-state index is -1.48. The van der Waals surface area contributed by atoms with Crippen molar-refractivity contribution in [1.29, 1.82) is 10.5 Å². The van der Waals surface area contributed by atoms with Gasteiger partial charge in [-0.3, -0.25) is 4.79 Å². The molecule has 5 fully saturated rings. The summed E-state index contributed by atoms with van der Waals surface area (Å²) in [5.74, 6) is 1.32. The average molecular weight is 528 g/mol. The van der Waals surface area contributed by atoms with Crippen molar-refractivity contribution >= 4 is 40.7 Å². The van der Waals surface area contributed by atoms with Gasteiger partial charge in [-0.25, -0.2) is 0 Å². The van der Waals surface area contributed by atoms with E-state index in [1.165, 1.54) is 19.3 Å². The highest BCUT2D eigenvalue weighted by atomic mass is 35.5. The number of Topliss-reactive ketones (excluding diaryl/α,β-unsaturated/α-hetero) is 1. The maximum Gasteiger partial charge on any atom is 0.176 e. The van der Waals surface area contributed by atoms with E-state index in [1.54, 1.807) is 12.1 Å². The van der Waals surface area contributed by atoms with Gasteiger partial charge in [0.05, 0.1) is 24.2 Å². The van der Waals surface area contributed by atoms with E-state index >= 15 is 4.79 Å². The number of benzene rings is 2. The molecule has 2 aliphatic heterocycles. The molecule has 2 aromatic rings. The quantitative estimate of drug-likeness (QED) is 0.423. The van der Waals surface area contributed by atoms with Crippen LogP contribution in [0.25, 0.3) is 6.08 Å². The number of carbonyl (C=O) groups is 1. The molecule has 8 rings (SSSR count). The average Bonchev–Trinajstić information content (AvgIpc) is 3.18. The largest absolute Gasteiger partial charge is 0.351 e. The Bertz CT molecular complexity index is 1380. The van der Waals surface area contributed by atoms with Gasteiger partial charge in [0, 0.05) is 27.1 Å². The summed E-state index contributed by atoms with van der Waals surface area (Å²) in [6.45, 7) is 0. The van der Waals surface area contributed by atoms with Crippen molar-refractivity contribution in [2.45, 2.75) is 56.5 Å². The van der Waals surface area contributed by atoms with Gasteiger partial charge in [0.25, 0.3) is 0 Å². The molecule has 0 N–H and O–H groups in total. The van der Waals surface area contributed by atoms with Crippen molar-refractivity contribution in [3.05, 3.63) is 69.7 Å². The zero-order valence-electron chi connectivity index (χ0n) is 20.4. The molecule has 0 radical (unpaired) electrons. The molecule has 6 heteroatoms. The Balaban J connectivity index is 1.46. The minimum Gasteiger partial charge on any atom is -0.351 e. The Labute approximate surface area is 227 Å². The summed E-state index contributed by atoms with van der Waals surface area (Å²) in [6.07, 6.45) is 10.4. The van der Waals surface area contributed by atoms with Crippen molar-refractivity contribution in [3.63, 3.8) is 0 Å². The van der Waals surface area contributed by atoms with E-state index < -0.39 is 28.8 Å². The van der Waals surface area contributed by atoms with Crippen LogP contribution in [0.1, 0.15) is 55.6 Å². The summed E-state index contributed by atoms with van der Waals surface area (Å²) < 4.78 is 0. The number of hydrogen-bond acceptors (Lipinski definition) is 4. The second-order valence-corrected chi connectivity index (χ2v) is 12.9. The van der Waals surface area contributed by atoms with E-state index in [-0.39, 0.29) is 5.78 Å². The summed E-state index contributed by atoms with van der Waals surface area (Å²) in [5.41, 5.74) is 0.676. The van der Waals surface area contributed by atoms with E-state index in [0.717, 1.165) is 30.5 Å². The number of para-hydroxylation sites is 1. The van der Waals surface area contributed by atoms with Crippen LogP contribution < -0.4 is 4.90 Å². The number of rotatable bonds is 3. The molecule has 4 saturated carbocycles. The third-order valence-corrected chi connectivity index (χ3v) is 10.6. The van der Waals surface area contributed by atoms with Gasteiger partial charge in [0.15, 0.2) is 11.2 Å². The molecule has 2 aromatic carbocycles. The summed E-state index contributed by atoms with van der Waals surface area (Å²) in [7, 11) is 0. The number of ketones is 1. The molecule has 0 aromatic heterocycles. The highest BCUT2D eigenvalue weighted by Gasteiger charge is 2.67. The Hall–Kier alpha value is -2.79. The van der Waals surface area contributed by atoms with E-state index in [9.17, 15) is 10.5 Å². The smallest absolute Gasteiger partial charge is 0.176 e. The van der Waals surface area contributed by atoms with Crippen LogP contribution in [0.15, 0.2) is 48.5 Å². The van der Waals surface area contributed by atoms with Crippen LogP contribution in [-0.2, 0) is 4.79 Å². The second kappa shape index (κ2) is 8.10. The SMILES string of the molecule is N#CC1(C#N)[C@H](c2ccc(Cl)cc2Cl)[C@@H](C(=O)C23CC4CC(CC(C4)C2)C3)N2c3ccccc3C=C[C@@H]21. The van der Waals surface area contributed by atoms with Crippen LogP contribution in [0.3, 0.4) is 0 Å². The minimum absolute atomic E-state index is 0.199. The van der Waals surface area contributed by atoms with Gasteiger partial charge >= 0.3 is 0 Å². The van der Waals surface area contributed by atoms with Crippen LogP contribution in [0.4, 0.5) is 5.69 Å². The van der Waals surface area contributed by atoms with Gasteiger partial charge < -0.3 is 4.90 Å². The number of nitriles is 2. The van der Waals surface area contributed by atoms with Crippen LogP contribution in [0.2, 0.25) is 10.0 Å². The molecule has 4 nitrogen and oxygen atoms in total. The molecule has 186 valence electrons. The lowest BCUT2D eigenvalue weighted by Gasteiger charge is -2.57. The lowest BCUT2D eigenvalue weighted by Crippen LogP contribution is -2.56. The fourth-order valence-electron chi connectivity index (χ4n) is 9.06. The Morgan fingerprint density at radius 3 is 2.22 bits per heavy atom. The molecule has 0 unspecified atom stereocenters.